The van der Waals surface area contributed by atoms with E-state index in [0.29, 0.717) is 9.98 Å². The number of hydrogen-bond donors (Lipinski definition) is 1. The number of rotatable bonds is 4. The molecule has 0 amide bonds. The summed E-state index contributed by atoms with van der Waals surface area (Å²) in [6.45, 7) is 7.66. The molecule has 0 spiro atoms. The van der Waals surface area contributed by atoms with Gasteiger partial charge in [-0.05, 0) is 25.5 Å². The highest BCUT2D eigenvalue weighted by Gasteiger charge is 2.35. The van der Waals surface area contributed by atoms with E-state index in [2.05, 4.69) is 28.8 Å². The second-order valence-corrected chi connectivity index (χ2v) is 8.42. The van der Waals surface area contributed by atoms with E-state index in [4.69, 9.17) is 16.3 Å². The van der Waals surface area contributed by atoms with Gasteiger partial charge in [-0.1, -0.05) is 48.1 Å². The van der Waals surface area contributed by atoms with Crippen molar-refractivity contribution in [3.8, 4) is 5.88 Å². The molecule has 0 bridgehead atoms. The number of ether oxygens (including phenoxy) is 1. The van der Waals surface area contributed by atoms with Crippen LogP contribution in [0.2, 0.25) is 5.02 Å². The van der Waals surface area contributed by atoms with Gasteiger partial charge in [-0.2, -0.15) is 4.52 Å². The molecule has 1 saturated heterocycles. The molecule has 0 aliphatic carbocycles. The summed E-state index contributed by atoms with van der Waals surface area (Å²) in [6.07, 6.45) is 0.944. The summed E-state index contributed by atoms with van der Waals surface area (Å²) in [5, 5.41) is 16.1. The third-order valence-corrected chi connectivity index (χ3v) is 6.24. The standard InChI is InChI=1S/C19H23ClN4O2S/c1-4-15-21-19-24(22-15)18(25)17(27-19)16(13-7-5-6-8-14(13)20)23-9-11(2)26-12(3)10-23/h5-8,11-12,16,25H,4,9-10H2,1-3H3/t11-,12-,16+/m1/s1. The van der Waals surface area contributed by atoms with Crippen molar-refractivity contribution >= 4 is 27.9 Å². The Morgan fingerprint density at radius 2 is 2.00 bits per heavy atom. The number of aromatic hydroxyl groups is 1. The quantitative estimate of drug-likeness (QED) is 0.711. The van der Waals surface area contributed by atoms with E-state index in [1.54, 1.807) is 0 Å². The van der Waals surface area contributed by atoms with Gasteiger partial charge in [0, 0.05) is 24.5 Å². The van der Waals surface area contributed by atoms with Gasteiger partial charge < -0.3 is 9.84 Å². The molecule has 1 aromatic carbocycles. The Bertz CT molecular complexity index is 946. The van der Waals surface area contributed by atoms with Crippen LogP contribution in [0.15, 0.2) is 24.3 Å². The number of benzene rings is 1. The molecule has 0 saturated carbocycles. The summed E-state index contributed by atoms with van der Waals surface area (Å²) in [5.41, 5.74) is 0.969. The Morgan fingerprint density at radius 1 is 1.30 bits per heavy atom. The van der Waals surface area contributed by atoms with Crippen LogP contribution in [0.25, 0.3) is 4.96 Å². The van der Waals surface area contributed by atoms with E-state index in [9.17, 15) is 5.11 Å². The van der Waals surface area contributed by atoms with E-state index in [-0.39, 0.29) is 24.1 Å². The van der Waals surface area contributed by atoms with Crippen LogP contribution < -0.4 is 0 Å². The largest absolute Gasteiger partial charge is 0.492 e. The zero-order valence-electron chi connectivity index (χ0n) is 15.6. The lowest BCUT2D eigenvalue weighted by molar-refractivity contribution is -0.0764. The Kier molecular flexibility index (Phi) is 5.11. The SMILES string of the molecule is CCc1nc2sc([C@H](c3ccccc3Cl)N3C[C@@H](C)O[C@H](C)C3)c(O)n2n1. The van der Waals surface area contributed by atoms with Gasteiger partial charge in [-0.3, -0.25) is 4.90 Å². The Balaban J connectivity index is 1.84. The van der Waals surface area contributed by atoms with Crippen molar-refractivity contribution in [2.24, 2.45) is 0 Å². The molecule has 3 heterocycles. The zero-order chi connectivity index (χ0) is 19.1. The molecule has 1 N–H and O–H groups in total. The number of nitrogens with zero attached hydrogens (tertiary/aromatic N) is 4. The van der Waals surface area contributed by atoms with Gasteiger partial charge in [-0.15, -0.1) is 5.10 Å². The maximum Gasteiger partial charge on any atom is 0.230 e. The minimum absolute atomic E-state index is 0.106. The average Bonchev–Trinajstić information content (AvgIpc) is 3.16. The highest BCUT2D eigenvalue weighted by molar-refractivity contribution is 7.17. The monoisotopic (exact) mass is 406 g/mol. The number of thiazole rings is 1. The first-order valence-electron chi connectivity index (χ1n) is 9.19. The lowest BCUT2D eigenvalue weighted by Crippen LogP contribution is -2.47. The summed E-state index contributed by atoms with van der Waals surface area (Å²) >= 11 is 8.03. The van der Waals surface area contributed by atoms with Crippen LogP contribution in [-0.4, -0.2) is 49.9 Å². The molecule has 8 heteroatoms. The highest BCUT2D eigenvalue weighted by Crippen LogP contribution is 2.42. The minimum atomic E-state index is -0.175. The summed E-state index contributed by atoms with van der Waals surface area (Å²) in [7, 11) is 0. The van der Waals surface area contributed by atoms with Crippen LogP contribution in [0.4, 0.5) is 0 Å². The topological polar surface area (TPSA) is 62.9 Å². The first-order chi connectivity index (χ1) is 13.0. The van der Waals surface area contributed by atoms with Crippen molar-refractivity contribution in [1.82, 2.24) is 19.5 Å². The lowest BCUT2D eigenvalue weighted by atomic mass is 10.0. The Labute approximate surface area is 167 Å². The fourth-order valence-electron chi connectivity index (χ4n) is 3.75. The average molecular weight is 407 g/mol. The molecule has 0 unspecified atom stereocenters. The molecule has 144 valence electrons. The van der Waals surface area contributed by atoms with Crippen LogP contribution in [-0.2, 0) is 11.2 Å². The van der Waals surface area contributed by atoms with Crippen LogP contribution in [0.5, 0.6) is 5.88 Å². The molecule has 1 aliphatic rings. The zero-order valence-corrected chi connectivity index (χ0v) is 17.2. The van der Waals surface area contributed by atoms with Crippen LogP contribution >= 0.6 is 22.9 Å². The molecule has 4 rings (SSSR count). The van der Waals surface area contributed by atoms with Crippen molar-refractivity contribution < 1.29 is 9.84 Å². The maximum atomic E-state index is 11.0. The van der Waals surface area contributed by atoms with Crippen LogP contribution in [0, 0.1) is 0 Å². The molecule has 27 heavy (non-hydrogen) atoms. The van der Waals surface area contributed by atoms with Crippen molar-refractivity contribution in [1.29, 1.82) is 0 Å². The van der Waals surface area contributed by atoms with Crippen molar-refractivity contribution in [2.45, 2.75) is 45.4 Å². The minimum Gasteiger partial charge on any atom is -0.492 e. The predicted octanol–water partition coefficient (Wildman–Crippen LogP) is 3.91. The van der Waals surface area contributed by atoms with E-state index in [0.717, 1.165) is 35.8 Å². The molecule has 1 fully saturated rings. The van der Waals surface area contributed by atoms with Gasteiger partial charge in [-0.25, -0.2) is 4.98 Å². The Hall–Kier alpha value is -1.67. The highest BCUT2D eigenvalue weighted by atomic mass is 35.5. The number of fused-ring (bicyclic) bond motifs is 1. The molecule has 1 aliphatic heterocycles. The van der Waals surface area contributed by atoms with E-state index in [1.165, 1.54) is 15.9 Å². The molecule has 3 aromatic rings. The fraction of sp³-hybridized carbons (Fsp3) is 0.474. The number of halogens is 1. The third-order valence-electron chi connectivity index (χ3n) is 4.82. The lowest BCUT2D eigenvalue weighted by Gasteiger charge is -2.40. The fourth-order valence-corrected chi connectivity index (χ4v) is 5.11. The molecule has 0 radical (unpaired) electrons. The predicted molar refractivity (Wildman–Crippen MR) is 107 cm³/mol. The summed E-state index contributed by atoms with van der Waals surface area (Å²) in [5.74, 6) is 0.866. The van der Waals surface area contributed by atoms with Gasteiger partial charge in [0.2, 0.25) is 10.8 Å². The first-order valence-corrected chi connectivity index (χ1v) is 10.4. The summed E-state index contributed by atoms with van der Waals surface area (Å²) in [4.78, 5) is 8.35. The van der Waals surface area contributed by atoms with Crippen LogP contribution in [0.1, 0.15) is 43.1 Å². The van der Waals surface area contributed by atoms with Gasteiger partial charge >= 0.3 is 0 Å². The third kappa shape index (κ3) is 3.45. The van der Waals surface area contributed by atoms with Gasteiger partial charge in [0.15, 0.2) is 5.82 Å². The van der Waals surface area contributed by atoms with Crippen LogP contribution in [0.3, 0.4) is 0 Å². The van der Waals surface area contributed by atoms with Gasteiger partial charge in [0.05, 0.1) is 23.1 Å². The van der Waals surface area contributed by atoms with E-state index < -0.39 is 0 Å². The number of morpholine rings is 1. The molecule has 2 aromatic heterocycles. The second-order valence-electron chi connectivity index (χ2n) is 7.00. The van der Waals surface area contributed by atoms with Crippen molar-refractivity contribution in [3.05, 3.63) is 45.6 Å². The molecule has 3 atom stereocenters. The Morgan fingerprint density at radius 3 is 2.63 bits per heavy atom. The van der Waals surface area contributed by atoms with Gasteiger partial charge in [0.25, 0.3) is 0 Å². The van der Waals surface area contributed by atoms with Crippen molar-refractivity contribution in [2.75, 3.05) is 13.1 Å². The maximum absolute atomic E-state index is 11.0. The molecular formula is C19H23ClN4O2S. The van der Waals surface area contributed by atoms with Gasteiger partial charge in [0.1, 0.15) is 0 Å². The number of aryl methyl sites for hydroxylation is 1. The molecular weight excluding hydrogens is 384 g/mol. The molecule has 6 nitrogen and oxygen atoms in total. The van der Waals surface area contributed by atoms with E-state index in [1.807, 2.05) is 31.2 Å². The first kappa shape index (κ1) is 18.7. The number of hydrogen-bond acceptors (Lipinski definition) is 6. The van der Waals surface area contributed by atoms with Crippen molar-refractivity contribution in [3.63, 3.8) is 0 Å². The smallest absolute Gasteiger partial charge is 0.230 e. The second kappa shape index (κ2) is 7.39. The summed E-state index contributed by atoms with van der Waals surface area (Å²) < 4.78 is 7.45. The summed E-state index contributed by atoms with van der Waals surface area (Å²) in [6, 6.07) is 7.63. The number of aromatic nitrogens is 3. The van der Waals surface area contributed by atoms with E-state index >= 15 is 0 Å². The normalized spacial score (nSPS) is 22.4.